The highest BCUT2D eigenvalue weighted by atomic mass is 15.1. The summed E-state index contributed by atoms with van der Waals surface area (Å²) in [6.45, 7) is 4.05. The predicted octanol–water partition coefficient (Wildman–Crippen LogP) is 2.15. The molecule has 1 atom stereocenters. The zero-order valence-electron chi connectivity index (χ0n) is 9.75. The summed E-state index contributed by atoms with van der Waals surface area (Å²) < 4.78 is 0. The Morgan fingerprint density at radius 2 is 2.07 bits per heavy atom. The van der Waals surface area contributed by atoms with Crippen LogP contribution in [0.5, 0.6) is 0 Å². The molecule has 3 nitrogen and oxygen atoms in total. The van der Waals surface area contributed by atoms with E-state index >= 15 is 0 Å². The molecule has 1 aromatic rings. The van der Waals surface area contributed by atoms with Crippen LogP contribution < -0.4 is 5.32 Å². The van der Waals surface area contributed by atoms with Crippen LogP contribution in [-0.2, 0) is 0 Å². The highest BCUT2D eigenvalue weighted by molar-refractivity contribution is 5.24. The van der Waals surface area contributed by atoms with Crippen LogP contribution in [0.4, 0.5) is 0 Å². The maximum absolute atomic E-state index is 4.20. The fourth-order valence-electron chi connectivity index (χ4n) is 2.30. The zero-order chi connectivity index (χ0) is 10.8. The van der Waals surface area contributed by atoms with Crippen LogP contribution in [0.15, 0.2) is 6.07 Å². The van der Waals surface area contributed by atoms with E-state index in [9.17, 15) is 0 Å². The molecule has 1 unspecified atom stereocenters. The first-order chi connectivity index (χ1) is 7.22. The summed E-state index contributed by atoms with van der Waals surface area (Å²) in [5, 5.41) is 11.7. The van der Waals surface area contributed by atoms with E-state index in [1.54, 1.807) is 0 Å². The van der Waals surface area contributed by atoms with Crippen molar-refractivity contribution in [2.75, 3.05) is 7.05 Å². The summed E-state index contributed by atoms with van der Waals surface area (Å²) >= 11 is 0. The van der Waals surface area contributed by atoms with Gasteiger partial charge in [0.1, 0.15) is 0 Å². The lowest BCUT2D eigenvalue weighted by Crippen LogP contribution is -2.30. The zero-order valence-corrected chi connectivity index (χ0v) is 9.75. The molecule has 1 aliphatic carbocycles. The average molecular weight is 205 g/mol. The molecule has 0 bridgehead atoms. The maximum Gasteiger partial charge on any atom is 0.0648 e. The Morgan fingerprint density at radius 1 is 1.33 bits per heavy atom. The number of aryl methyl sites for hydroxylation is 2. The molecule has 0 saturated heterocycles. The Kier molecular flexibility index (Phi) is 3.00. The smallest absolute Gasteiger partial charge is 0.0648 e. The van der Waals surface area contributed by atoms with E-state index in [4.69, 9.17) is 0 Å². The summed E-state index contributed by atoms with van der Waals surface area (Å²) in [6, 6.07) is 2.63. The number of nitrogens with one attached hydrogen (secondary N) is 1. The van der Waals surface area contributed by atoms with Crippen molar-refractivity contribution in [3.63, 3.8) is 0 Å². The van der Waals surface area contributed by atoms with Gasteiger partial charge >= 0.3 is 0 Å². The monoisotopic (exact) mass is 205 g/mol. The Labute approximate surface area is 91.3 Å². The summed E-state index contributed by atoms with van der Waals surface area (Å²) in [4.78, 5) is 0. The van der Waals surface area contributed by atoms with E-state index in [-0.39, 0.29) is 0 Å². The molecule has 1 aromatic heterocycles. The first kappa shape index (κ1) is 10.6. The van der Waals surface area contributed by atoms with Crippen LogP contribution >= 0.6 is 0 Å². The van der Waals surface area contributed by atoms with Crippen LogP contribution in [0.1, 0.15) is 42.3 Å². The summed E-state index contributed by atoms with van der Waals surface area (Å²) in [5.41, 5.74) is 3.40. The van der Waals surface area contributed by atoms with E-state index in [0.29, 0.717) is 6.04 Å². The van der Waals surface area contributed by atoms with Gasteiger partial charge in [0.25, 0.3) is 0 Å². The quantitative estimate of drug-likeness (QED) is 0.821. The molecule has 2 rings (SSSR count). The van der Waals surface area contributed by atoms with Crippen LogP contribution in [0, 0.1) is 19.8 Å². The topological polar surface area (TPSA) is 37.8 Å². The molecular weight excluding hydrogens is 186 g/mol. The minimum Gasteiger partial charge on any atom is -0.313 e. The molecule has 1 heterocycles. The van der Waals surface area contributed by atoms with E-state index in [1.165, 1.54) is 24.8 Å². The van der Waals surface area contributed by atoms with Gasteiger partial charge in [0.15, 0.2) is 0 Å². The lowest BCUT2D eigenvalue weighted by atomic mass is 9.77. The second-order valence-corrected chi connectivity index (χ2v) is 4.48. The molecule has 1 N–H and O–H groups in total. The minimum atomic E-state index is 0.466. The van der Waals surface area contributed by atoms with Gasteiger partial charge in [-0.15, -0.1) is 0 Å². The van der Waals surface area contributed by atoms with Gasteiger partial charge in [-0.05, 0) is 51.3 Å². The van der Waals surface area contributed by atoms with Crippen molar-refractivity contribution in [1.29, 1.82) is 0 Å². The van der Waals surface area contributed by atoms with Crippen molar-refractivity contribution in [3.05, 3.63) is 23.0 Å². The molecule has 1 saturated carbocycles. The number of hydrogen-bond acceptors (Lipinski definition) is 3. The summed E-state index contributed by atoms with van der Waals surface area (Å²) in [6.07, 6.45) is 4.05. The molecule has 1 fully saturated rings. The second-order valence-electron chi connectivity index (χ2n) is 4.48. The van der Waals surface area contributed by atoms with Gasteiger partial charge in [-0.2, -0.15) is 10.2 Å². The first-order valence-corrected chi connectivity index (χ1v) is 5.70. The number of rotatable bonds is 3. The summed E-state index contributed by atoms with van der Waals surface area (Å²) in [7, 11) is 2.04. The van der Waals surface area contributed by atoms with E-state index in [0.717, 1.165) is 17.3 Å². The van der Waals surface area contributed by atoms with Gasteiger partial charge in [0, 0.05) is 6.04 Å². The van der Waals surface area contributed by atoms with Crippen molar-refractivity contribution in [2.45, 2.75) is 39.2 Å². The highest BCUT2D eigenvalue weighted by Gasteiger charge is 2.28. The van der Waals surface area contributed by atoms with Gasteiger partial charge in [-0.3, -0.25) is 0 Å². The molecular formula is C12H19N3. The molecule has 0 amide bonds. The fraction of sp³-hybridized carbons (Fsp3) is 0.667. The SMILES string of the molecule is CNC(c1cc(C)nnc1C)C1CCC1. The molecule has 0 aliphatic heterocycles. The largest absolute Gasteiger partial charge is 0.313 e. The normalized spacial score (nSPS) is 18.6. The fourth-order valence-corrected chi connectivity index (χ4v) is 2.30. The van der Waals surface area contributed by atoms with Crippen LogP contribution in [0.25, 0.3) is 0 Å². The van der Waals surface area contributed by atoms with Crippen molar-refractivity contribution in [3.8, 4) is 0 Å². The van der Waals surface area contributed by atoms with Gasteiger partial charge in [0.05, 0.1) is 11.4 Å². The lowest BCUT2D eigenvalue weighted by molar-refractivity contribution is 0.238. The third-order valence-electron chi connectivity index (χ3n) is 3.41. The molecule has 15 heavy (non-hydrogen) atoms. The third kappa shape index (κ3) is 2.02. The lowest BCUT2D eigenvalue weighted by Gasteiger charge is -2.34. The Hall–Kier alpha value is -0.960. The Balaban J connectivity index is 2.28. The van der Waals surface area contributed by atoms with Gasteiger partial charge in [0.2, 0.25) is 0 Å². The van der Waals surface area contributed by atoms with Crippen molar-refractivity contribution in [1.82, 2.24) is 15.5 Å². The van der Waals surface area contributed by atoms with Crippen LogP contribution in [0.2, 0.25) is 0 Å². The average Bonchev–Trinajstić information content (AvgIpc) is 2.15. The molecule has 3 heteroatoms. The van der Waals surface area contributed by atoms with Gasteiger partial charge in [-0.1, -0.05) is 6.42 Å². The predicted molar refractivity (Wildman–Crippen MR) is 60.6 cm³/mol. The number of hydrogen-bond donors (Lipinski definition) is 1. The molecule has 0 spiro atoms. The standard InChI is InChI=1S/C12H19N3/c1-8-7-11(9(2)15-14-8)12(13-3)10-5-4-6-10/h7,10,12-13H,4-6H2,1-3H3. The van der Waals surface area contributed by atoms with E-state index in [2.05, 4.69) is 21.6 Å². The highest BCUT2D eigenvalue weighted by Crippen LogP contribution is 2.38. The number of nitrogens with zero attached hydrogens (tertiary/aromatic N) is 2. The van der Waals surface area contributed by atoms with Gasteiger partial charge < -0.3 is 5.32 Å². The maximum atomic E-state index is 4.20. The first-order valence-electron chi connectivity index (χ1n) is 5.70. The molecule has 1 aliphatic rings. The Morgan fingerprint density at radius 3 is 2.60 bits per heavy atom. The van der Waals surface area contributed by atoms with Crippen LogP contribution in [0.3, 0.4) is 0 Å². The van der Waals surface area contributed by atoms with Crippen molar-refractivity contribution in [2.24, 2.45) is 5.92 Å². The van der Waals surface area contributed by atoms with Gasteiger partial charge in [-0.25, -0.2) is 0 Å². The van der Waals surface area contributed by atoms with E-state index < -0.39 is 0 Å². The van der Waals surface area contributed by atoms with E-state index in [1.807, 2.05) is 20.9 Å². The minimum absolute atomic E-state index is 0.466. The third-order valence-corrected chi connectivity index (χ3v) is 3.41. The number of aromatic nitrogens is 2. The molecule has 82 valence electrons. The molecule has 0 radical (unpaired) electrons. The molecule has 0 aromatic carbocycles. The van der Waals surface area contributed by atoms with Crippen molar-refractivity contribution < 1.29 is 0 Å². The Bertz CT molecular complexity index is 345. The van der Waals surface area contributed by atoms with Crippen LogP contribution in [-0.4, -0.2) is 17.2 Å². The second kappa shape index (κ2) is 4.27. The summed E-state index contributed by atoms with van der Waals surface area (Å²) in [5.74, 6) is 0.789. The van der Waals surface area contributed by atoms with Crippen molar-refractivity contribution >= 4 is 0 Å².